The van der Waals surface area contributed by atoms with Crippen LogP contribution in [0.5, 0.6) is 0 Å². The molecular weight excluding hydrogens is 172 g/mol. The smallest absolute Gasteiger partial charge is 0.0437 e. The monoisotopic (exact) mass is 184 g/mol. The second-order valence-corrected chi connectivity index (χ2v) is 4.32. The van der Waals surface area contributed by atoms with Crippen molar-refractivity contribution in [3.05, 3.63) is 10.4 Å². The van der Waals surface area contributed by atoms with Gasteiger partial charge in [-0.15, -0.1) is 0 Å². The molecule has 5 nitrogen and oxygen atoms in total. The summed E-state index contributed by atoms with van der Waals surface area (Å²) in [5, 5.41) is 23.6. The van der Waals surface area contributed by atoms with Crippen molar-refractivity contribution >= 4 is 0 Å². The number of rotatable bonds is 0. The Morgan fingerprint density at radius 2 is 1.54 bits per heavy atom. The van der Waals surface area contributed by atoms with Crippen molar-refractivity contribution < 1.29 is 4.94 Å². The van der Waals surface area contributed by atoms with E-state index in [1.807, 2.05) is 0 Å². The van der Waals surface area contributed by atoms with Crippen LogP contribution in [0.15, 0.2) is 0 Å². The molecule has 1 heterocycles. The van der Waals surface area contributed by atoms with Crippen LogP contribution in [-0.4, -0.2) is 22.5 Å². The molecule has 4 atom stereocenters. The molecule has 2 aliphatic carbocycles. The number of fused-ring (bicyclic) bond motifs is 5. The zero-order chi connectivity index (χ0) is 9.00. The fraction of sp³-hybridized carbons (Fsp3) is 1.00. The SMILES string of the molecule is [O-]N1ON([O-])C2C3CCCC(C3)C21. The van der Waals surface area contributed by atoms with Crippen LogP contribution in [-0.2, 0) is 4.94 Å². The van der Waals surface area contributed by atoms with E-state index >= 15 is 0 Å². The first-order valence-electron chi connectivity index (χ1n) is 4.88. The third-order valence-corrected chi connectivity index (χ3v) is 3.72. The topological polar surface area (TPSA) is 61.8 Å². The first-order chi connectivity index (χ1) is 6.27. The number of nitrogens with zero attached hydrogens (tertiary/aromatic N) is 2. The Hall–Kier alpha value is -0.200. The molecular formula is C8H12N2O3-2. The minimum Gasteiger partial charge on any atom is -0.760 e. The zero-order valence-electron chi connectivity index (χ0n) is 7.26. The van der Waals surface area contributed by atoms with Crippen molar-refractivity contribution in [1.82, 2.24) is 10.5 Å². The molecule has 0 aromatic carbocycles. The number of hydrogen-bond acceptors (Lipinski definition) is 5. The summed E-state index contributed by atoms with van der Waals surface area (Å²) < 4.78 is 0. The summed E-state index contributed by atoms with van der Waals surface area (Å²) in [6.45, 7) is 0. The number of hydroxylamine groups is 4. The molecule has 0 radical (unpaired) electrons. The Morgan fingerprint density at radius 1 is 1.00 bits per heavy atom. The van der Waals surface area contributed by atoms with E-state index in [9.17, 15) is 10.4 Å². The third kappa shape index (κ3) is 0.992. The largest absolute Gasteiger partial charge is 0.760 e. The minimum absolute atomic E-state index is 0.190. The Morgan fingerprint density at radius 3 is 2.08 bits per heavy atom. The first-order valence-corrected chi connectivity index (χ1v) is 4.88. The normalized spacial score (nSPS) is 51.2. The second-order valence-electron chi connectivity index (χ2n) is 4.32. The van der Waals surface area contributed by atoms with Crippen molar-refractivity contribution in [2.75, 3.05) is 0 Å². The van der Waals surface area contributed by atoms with Crippen LogP contribution in [0.3, 0.4) is 0 Å². The highest BCUT2D eigenvalue weighted by molar-refractivity contribution is 5.04. The van der Waals surface area contributed by atoms with Crippen LogP contribution in [0.2, 0.25) is 0 Å². The van der Waals surface area contributed by atoms with Crippen molar-refractivity contribution in [1.29, 1.82) is 0 Å². The summed E-state index contributed by atoms with van der Waals surface area (Å²) in [5.41, 5.74) is 0. The molecule has 0 aromatic heterocycles. The van der Waals surface area contributed by atoms with Crippen LogP contribution in [0, 0.1) is 22.3 Å². The molecule has 2 saturated carbocycles. The van der Waals surface area contributed by atoms with E-state index in [4.69, 9.17) is 0 Å². The fourth-order valence-corrected chi connectivity index (χ4v) is 3.23. The Bertz CT molecular complexity index is 205. The van der Waals surface area contributed by atoms with E-state index < -0.39 is 0 Å². The summed E-state index contributed by atoms with van der Waals surface area (Å²) in [4.78, 5) is 4.52. The predicted molar refractivity (Wildman–Crippen MR) is 44.5 cm³/mol. The summed E-state index contributed by atoms with van der Waals surface area (Å²) in [6.07, 6.45) is 4.35. The molecule has 3 rings (SSSR count). The maximum Gasteiger partial charge on any atom is 0.0437 e. The summed E-state index contributed by atoms with van der Waals surface area (Å²) in [7, 11) is 0. The van der Waals surface area contributed by atoms with Crippen molar-refractivity contribution in [2.24, 2.45) is 11.8 Å². The fourth-order valence-electron chi connectivity index (χ4n) is 3.23. The molecule has 2 bridgehead atoms. The molecule has 5 heteroatoms. The van der Waals surface area contributed by atoms with Crippen LogP contribution < -0.4 is 0 Å². The summed E-state index contributed by atoms with van der Waals surface area (Å²) in [5.74, 6) is 0.778. The highest BCUT2D eigenvalue weighted by Crippen LogP contribution is 2.49. The quantitative estimate of drug-likeness (QED) is 0.562. The molecule has 0 spiro atoms. The van der Waals surface area contributed by atoms with Gasteiger partial charge in [0.15, 0.2) is 0 Å². The predicted octanol–water partition coefficient (Wildman–Crippen LogP) is 1.00. The highest BCUT2D eigenvalue weighted by atomic mass is 17.1. The van der Waals surface area contributed by atoms with Gasteiger partial charge in [-0.1, -0.05) is 6.42 Å². The standard InChI is InChI=1S/C8H12N2O3/c11-9-7-5-2-1-3-6(4-5)8(7)10(12)13-9/h5-8H,1-4H2/q-2. The lowest BCUT2D eigenvalue weighted by Crippen LogP contribution is -2.34. The van der Waals surface area contributed by atoms with E-state index in [1.165, 1.54) is 0 Å². The van der Waals surface area contributed by atoms with Crippen molar-refractivity contribution in [3.63, 3.8) is 0 Å². The molecule has 1 aliphatic heterocycles. The van der Waals surface area contributed by atoms with Crippen LogP contribution in [0.4, 0.5) is 0 Å². The van der Waals surface area contributed by atoms with Gasteiger partial charge in [-0.25, -0.2) is 15.4 Å². The summed E-state index contributed by atoms with van der Waals surface area (Å²) in [6, 6.07) is -0.380. The van der Waals surface area contributed by atoms with Crippen LogP contribution in [0.1, 0.15) is 25.7 Å². The lowest BCUT2D eigenvalue weighted by Gasteiger charge is -2.33. The Kier molecular flexibility index (Phi) is 1.66. The summed E-state index contributed by atoms with van der Waals surface area (Å²) >= 11 is 0. The molecule has 0 N–H and O–H groups in total. The average molecular weight is 184 g/mol. The van der Waals surface area contributed by atoms with Gasteiger partial charge in [0.2, 0.25) is 0 Å². The zero-order valence-corrected chi connectivity index (χ0v) is 7.26. The van der Waals surface area contributed by atoms with E-state index in [0.717, 1.165) is 25.7 Å². The van der Waals surface area contributed by atoms with Crippen molar-refractivity contribution in [3.8, 4) is 0 Å². The minimum atomic E-state index is -0.190. The maximum atomic E-state index is 11.3. The van der Waals surface area contributed by atoms with Gasteiger partial charge >= 0.3 is 0 Å². The van der Waals surface area contributed by atoms with Crippen LogP contribution in [0.25, 0.3) is 0 Å². The van der Waals surface area contributed by atoms with E-state index in [2.05, 4.69) is 4.94 Å². The molecule has 0 aromatic rings. The molecule has 3 aliphatic rings. The Labute approximate surface area is 76.3 Å². The van der Waals surface area contributed by atoms with Crippen molar-refractivity contribution in [2.45, 2.75) is 37.8 Å². The molecule has 13 heavy (non-hydrogen) atoms. The van der Waals surface area contributed by atoms with Gasteiger partial charge in [-0.05, 0) is 31.1 Å². The van der Waals surface area contributed by atoms with Gasteiger partial charge in [0.25, 0.3) is 0 Å². The lowest BCUT2D eigenvalue weighted by atomic mass is 9.88. The third-order valence-electron chi connectivity index (χ3n) is 3.72. The maximum absolute atomic E-state index is 11.3. The van der Waals surface area contributed by atoms with Crippen LogP contribution >= 0.6 is 0 Å². The Balaban J connectivity index is 1.91. The molecule has 3 fully saturated rings. The molecule has 4 unspecified atom stereocenters. The highest BCUT2D eigenvalue weighted by Gasteiger charge is 2.50. The molecule has 1 saturated heterocycles. The van der Waals surface area contributed by atoms with Gasteiger partial charge in [0.05, 0.1) is 0 Å². The van der Waals surface area contributed by atoms with Gasteiger partial charge in [0, 0.05) is 12.1 Å². The number of hydrogen-bond donors (Lipinski definition) is 0. The van der Waals surface area contributed by atoms with E-state index in [-0.39, 0.29) is 12.1 Å². The van der Waals surface area contributed by atoms with E-state index in [0.29, 0.717) is 22.3 Å². The second kappa shape index (κ2) is 2.65. The van der Waals surface area contributed by atoms with Gasteiger partial charge in [-0.2, -0.15) is 0 Å². The van der Waals surface area contributed by atoms with Gasteiger partial charge in [0.1, 0.15) is 0 Å². The van der Waals surface area contributed by atoms with Gasteiger partial charge in [-0.3, -0.25) is 0 Å². The first kappa shape index (κ1) is 8.14. The average Bonchev–Trinajstić information content (AvgIpc) is 2.53. The van der Waals surface area contributed by atoms with E-state index in [1.54, 1.807) is 0 Å². The lowest BCUT2D eigenvalue weighted by molar-refractivity contribution is -0.244. The molecule has 0 amide bonds. The molecule has 74 valence electrons. The van der Waals surface area contributed by atoms with Gasteiger partial charge < -0.3 is 10.4 Å².